The third-order valence-corrected chi connectivity index (χ3v) is 6.11. The van der Waals surface area contributed by atoms with E-state index in [1.165, 1.54) is 67.0 Å². The van der Waals surface area contributed by atoms with E-state index in [1.54, 1.807) is 0 Å². The lowest BCUT2D eigenvalue weighted by Crippen LogP contribution is -2.37. The van der Waals surface area contributed by atoms with Gasteiger partial charge in [-0.1, -0.05) is 36.4 Å². The molecule has 1 atom stereocenters. The van der Waals surface area contributed by atoms with Crippen LogP contribution in [-0.2, 0) is 16.6 Å². The minimum Gasteiger partial charge on any atom is -0.384 e. The number of hydrogen-bond donors (Lipinski definition) is 1. The first-order valence-electron chi connectivity index (χ1n) is 9.05. The van der Waals surface area contributed by atoms with Gasteiger partial charge in [0.2, 0.25) is 10.0 Å². The van der Waals surface area contributed by atoms with Crippen molar-refractivity contribution < 1.29 is 31.1 Å². The second-order valence-corrected chi connectivity index (χ2v) is 8.65. The van der Waals surface area contributed by atoms with E-state index in [-0.39, 0.29) is 16.8 Å². The predicted molar refractivity (Wildman–Crippen MR) is 107 cm³/mol. The smallest absolute Gasteiger partial charge is 0.384 e. The molecule has 1 unspecified atom stereocenters. The quantitative estimate of drug-likeness (QED) is 0.544. The van der Waals surface area contributed by atoms with Crippen LogP contribution in [0.5, 0.6) is 0 Å². The monoisotopic (exact) mass is 454 g/mol. The number of nitrogens with zero attached hydrogens (tertiary/aromatic N) is 2. The second kappa shape index (κ2) is 9.03. The molecule has 5 nitrogen and oxygen atoms in total. The molecule has 0 bridgehead atoms. The average molecular weight is 454 g/mol. The zero-order valence-corrected chi connectivity index (χ0v) is 16.8. The highest BCUT2D eigenvalue weighted by molar-refractivity contribution is 7.92. The predicted octanol–water partition coefficient (Wildman–Crippen LogP) is 4.20. The number of rotatable bonds is 7. The summed E-state index contributed by atoms with van der Waals surface area (Å²) < 4.78 is 78.7. The van der Waals surface area contributed by atoms with Crippen molar-refractivity contribution in [2.75, 3.05) is 10.1 Å². The first-order valence-corrected chi connectivity index (χ1v) is 10.7. The Balaban J connectivity index is 2.03. The van der Waals surface area contributed by atoms with E-state index in [4.69, 9.17) is 0 Å². The van der Waals surface area contributed by atoms with Crippen molar-refractivity contribution in [1.82, 2.24) is 4.98 Å². The molecule has 0 aliphatic heterocycles. The van der Waals surface area contributed by atoms with E-state index in [0.29, 0.717) is 9.87 Å². The first-order chi connectivity index (χ1) is 14.6. The van der Waals surface area contributed by atoms with Crippen LogP contribution < -0.4 is 4.31 Å². The van der Waals surface area contributed by atoms with Crippen molar-refractivity contribution in [1.29, 1.82) is 0 Å². The summed E-state index contributed by atoms with van der Waals surface area (Å²) in [5, 5.41) is 10.6. The van der Waals surface area contributed by atoms with Gasteiger partial charge < -0.3 is 5.11 Å². The molecule has 3 aromatic rings. The van der Waals surface area contributed by atoms with Gasteiger partial charge in [-0.2, -0.15) is 13.2 Å². The Morgan fingerprint density at radius 2 is 1.77 bits per heavy atom. The van der Waals surface area contributed by atoms with Gasteiger partial charge in [-0.25, -0.2) is 12.8 Å². The number of hydrogen-bond acceptors (Lipinski definition) is 4. The van der Waals surface area contributed by atoms with Crippen LogP contribution in [0.15, 0.2) is 73.1 Å². The Morgan fingerprint density at radius 1 is 1.03 bits per heavy atom. The van der Waals surface area contributed by atoms with Gasteiger partial charge in [0.1, 0.15) is 11.9 Å². The summed E-state index contributed by atoms with van der Waals surface area (Å²) in [5.41, 5.74) is 0.354. The van der Waals surface area contributed by atoms with E-state index in [0.717, 1.165) is 6.07 Å². The Labute approximate surface area is 176 Å². The van der Waals surface area contributed by atoms with Gasteiger partial charge >= 0.3 is 6.18 Å². The molecule has 0 spiro atoms. The number of aliphatic hydroxyl groups is 1. The number of sulfonamides is 1. The summed E-state index contributed by atoms with van der Waals surface area (Å²) in [4.78, 5) is 3.86. The highest BCUT2D eigenvalue weighted by Crippen LogP contribution is 2.30. The number of aliphatic hydroxyl groups excluding tert-OH is 1. The molecule has 1 aromatic heterocycles. The summed E-state index contributed by atoms with van der Waals surface area (Å²) in [7, 11) is -4.82. The molecule has 0 saturated carbocycles. The molecule has 0 fully saturated rings. The van der Waals surface area contributed by atoms with Crippen molar-refractivity contribution in [2.45, 2.75) is 18.8 Å². The lowest BCUT2D eigenvalue weighted by molar-refractivity contribution is -0.106. The topological polar surface area (TPSA) is 70.5 Å². The largest absolute Gasteiger partial charge is 0.404 e. The molecule has 1 heterocycles. The van der Waals surface area contributed by atoms with Gasteiger partial charge in [0.25, 0.3) is 0 Å². The zero-order chi connectivity index (χ0) is 22.6. The molecule has 164 valence electrons. The summed E-state index contributed by atoms with van der Waals surface area (Å²) in [6, 6.07) is 13.9. The van der Waals surface area contributed by atoms with E-state index >= 15 is 0 Å². The molecule has 0 aliphatic carbocycles. The fourth-order valence-corrected chi connectivity index (χ4v) is 4.37. The maximum atomic E-state index is 14.0. The molecule has 0 radical (unpaired) electrons. The van der Waals surface area contributed by atoms with E-state index in [9.17, 15) is 31.1 Å². The molecular weight excluding hydrogens is 436 g/mol. The third-order valence-electron chi connectivity index (χ3n) is 4.40. The highest BCUT2D eigenvalue weighted by atomic mass is 32.2. The molecule has 10 heteroatoms. The van der Waals surface area contributed by atoms with Crippen LogP contribution in [0.25, 0.3) is 0 Å². The van der Waals surface area contributed by atoms with Crippen molar-refractivity contribution >= 4 is 15.7 Å². The summed E-state index contributed by atoms with van der Waals surface area (Å²) >= 11 is 0. The Morgan fingerprint density at radius 3 is 2.42 bits per heavy atom. The minimum absolute atomic E-state index is 0.0448. The van der Waals surface area contributed by atoms with Crippen molar-refractivity contribution in [3.05, 3.63) is 95.6 Å². The Kier molecular flexibility index (Phi) is 6.61. The third kappa shape index (κ3) is 5.80. The van der Waals surface area contributed by atoms with Gasteiger partial charge in [0, 0.05) is 18.0 Å². The van der Waals surface area contributed by atoms with Crippen LogP contribution >= 0.6 is 0 Å². The SMILES string of the molecule is O=S(=O)(CC(F)(F)F)N(Cc1cccnc1)c1cccc(C(O)c2ccccc2F)c1. The second-order valence-electron chi connectivity index (χ2n) is 6.76. The first kappa shape index (κ1) is 22.7. The van der Waals surface area contributed by atoms with Crippen molar-refractivity contribution in [3.63, 3.8) is 0 Å². The van der Waals surface area contributed by atoms with Gasteiger partial charge in [0.15, 0.2) is 5.75 Å². The van der Waals surface area contributed by atoms with Crippen LogP contribution in [-0.4, -0.2) is 30.4 Å². The Hall–Kier alpha value is -2.98. The molecule has 0 amide bonds. The van der Waals surface area contributed by atoms with E-state index < -0.39 is 40.4 Å². The normalized spacial score (nSPS) is 13.1. The fraction of sp³-hybridized carbons (Fsp3) is 0.190. The number of alkyl halides is 3. The van der Waals surface area contributed by atoms with Crippen molar-refractivity contribution in [2.24, 2.45) is 0 Å². The van der Waals surface area contributed by atoms with Crippen molar-refractivity contribution in [3.8, 4) is 0 Å². The lowest BCUT2D eigenvalue weighted by Gasteiger charge is -2.26. The molecule has 0 saturated heterocycles. The summed E-state index contributed by atoms with van der Waals surface area (Å²) in [5.74, 6) is -2.72. The van der Waals surface area contributed by atoms with Gasteiger partial charge in [0.05, 0.1) is 12.2 Å². The number of pyridine rings is 1. The fourth-order valence-electron chi connectivity index (χ4n) is 3.02. The van der Waals surface area contributed by atoms with Crippen LogP contribution in [0.4, 0.5) is 23.2 Å². The molecule has 2 aromatic carbocycles. The number of aromatic nitrogens is 1. The minimum atomic E-state index is -4.95. The maximum Gasteiger partial charge on any atom is 0.404 e. The zero-order valence-electron chi connectivity index (χ0n) is 16.0. The van der Waals surface area contributed by atoms with Crippen LogP contribution in [0.2, 0.25) is 0 Å². The van der Waals surface area contributed by atoms with Crippen LogP contribution in [0.3, 0.4) is 0 Å². The van der Waals surface area contributed by atoms with Gasteiger partial charge in [-0.05, 0) is 35.4 Å². The van der Waals surface area contributed by atoms with E-state index in [2.05, 4.69) is 4.98 Å². The molecule has 3 rings (SSSR count). The Bertz CT molecular complexity index is 1140. The van der Waals surface area contributed by atoms with Crippen LogP contribution in [0.1, 0.15) is 22.8 Å². The molecule has 31 heavy (non-hydrogen) atoms. The molecule has 0 aliphatic rings. The number of anilines is 1. The van der Waals surface area contributed by atoms with Gasteiger partial charge in [-0.3, -0.25) is 9.29 Å². The highest BCUT2D eigenvalue weighted by Gasteiger charge is 2.38. The van der Waals surface area contributed by atoms with Crippen LogP contribution in [0, 0.1) is 5.82 Å². The lowest BCUT2D eigenvalue weighted by atomic mass is 10.0. The molecule has 1 N–H and O–H groups in total. The maximum absolute atomic E-state index is 14.0. The summed E-state index contributed by atoms with van der Waals surface area (Å²) in [6.07, 6.45) is -3.60. The number of benzene rings is 2. The average Bonchev–Trinajstić information content (AvgIpc) is 2.71. The van der Waals surface area contributed by atoms with E-state index in [1.807, 2.05) is 0 Å². The standard InChI is InChI=1S/C21H18F4N2O3S/c22-19-9-2-1-8-18(19)20(28)16-6-3-7-17(11-16)27(13-15-5-4-10-26-12-15)31(29,30)14-21(23,24)25/h1-12,20,28H,13-14H2. The summed E-state index contributed by atoms with van der Waals surface area (Å²) in [6.45, 7) is -0.397. The number of halogens is 4. The molecular formula is C21H18F4N2O3S. The van der Waals surface area contributed by atoms with Gasteiger partial charge in [-0.15, -0.1) is 0 Å².